The molecule has 1 N–H and O–H groups in total. The van der Waals surface area contributed by atoms with Crippen molar-refractivity contribution in [2.45, 2.75) is 39.8 Å². The average molecular weight is 291 g/mol. The number of aliphatic hydroxyl groups excluding tert-OH is 1. The fraction of sp³-hybridized carbons (Fsp3) is 0.727. The second-order valence-corrected chi connectivity index (χ2v) is 4.47. The summed E-state index contributed by atoms with van der Waals surface area (Å²) in [5.74, 6) is 0. The van der Waals surface area contributed by atoms with Gasteiger partial charge in [0.05, 0.1) is 28.6 Å². The number of aromatic nitrogens is 2. The van der Waals surface area contributed by atoms with E-state index in [2.05, 4.69) is 21.0 Å². The summed E-state index contributed by atoms with van der Waals surface area (Å²) in [5.41, 5.74) is 1.99. The van der Waals surface area contributed by atoms with Crippen LogP contribution in [0.2, 0.25) is 0 Å². The summed E-state index contributed by atoms with van der Waals surface area (Å²) >= 11 is 3.50. The summed E-state index contributed by atoms with van der Waals surface area (Å²) in [6, 6.07) is 0. The van der Waals surface area contributed by atoms with E-state index in [-0.39, 0.29) is 0 Å². The number of nitrogens with zero attached hydrogens (tertiary/aromatic N) is 2. The zero-order chi connectivity index (χ0) is 12.1. The molecule has 0 aliphatic heterocycles. The molecule has 92 valence electrons. The maximum absolute atomic E-state index is 9.80. The summed E-state index contributed by atoms with van der Waals surface area (Å²) in [6.07, 6.45) is 0.0903. The number of aliphatic hydroxyl groups is 1. The SMILES string of the molecule is CCOCC(O)Cc1c(Br)c(C)nn1CC. The predicted molar refractivity (Wildman–Crippen MR) is 66.5 cm³/mol. The molecule has 1 heterocycles. The molecule has 0 aliphatic carbocycles. The van der Waals surface area contributed by atoms with Gasteiger partial charge in [-0.25, -0.2) is 0 Å². The molecular weight excluding hydrogens is 272 g/mol. The molecule has 16 heavy (non-hydrogen) atoms. The van der Waals surface area contributed by atoms with Crippen LogP contribution in [0.3, 0.4) is 0 Å². The third kappa shape index (κ3) is 3.30. The van der Waals surface area contributed by atoms with Crippen molar-refractivity contribution in [2.24, 2.45) is 0 Å². The second kappa shape index (κ2) is 6.37. The van der Waals surface area contributed by atoms with Crippen LogP contribution >= 0.6 is 15.9 Å². The van der Waals surface area contributed by atoms with Crippen molar-refractivity contribution in [1.82, 2.24) is 9.78 Å². The Morgan fingerprint density at radius 1 is 1.50 bits per heavy atom. The molecule has 0 saturated heterocycles. The molecule has 4 nitrogen and oxygen atoms in total. The quantitative estimate of drug-likeness (QED) is 0.871. The highest BCUT2D eigenvalue weighted by Crippen LogP contribution is 2.22. The molecule has 1 aromatic heterocycles. The summed E-state index contributed by atoms with van der Waals surface area (Å²) < 4.78 is 8.09. The van der Waals surface area contributed by atoms with Gasteiger partial charge in [-0.3, -0.25) is 4.68 Å². The Hall–Kier alpha value is -0.390. The van der Waals surface area contributed by atoms with E-state index in [0.717, 1.165) is 22.4 Å². The minimum atomic E-state index is -0.474. The molecule has 0 aromatic carbocycles. The minimum absolute atomic E-state index is 0.372. The van der Waals surface area contributed by atoms with Crippen LogP contribution in [0, 0.1) is 6.92 Å². The zero-order valence-corrected chi connectivity index (χ0v) is 11.6. The summed E-state index contributed by atoms with van der Waals surface area (Å²) in [7, 11) is 0. The molecule has 1 atom stereocenters. The van der Waals surface area contributed by atoms with Gasteiger partial charge in [-0.1, -0.05) is 0 Å². The molecule has 5 heteroatoms. The number of hydrogen-bond acceptors (Lipinski definition) is 3. The van der Waals surface area contributed by atoms with Gasteiger partial charge >= 0.3 is 0 Å². The van der Waals surface area contributed by atoms with Crippen LogP contribution in [-0.4, -0.2) is 34.2 Å². The molecule has 0 amide bonds. The van der Waals surface area contributed by atoms with Crippen molar-refractivity contribution in [1.29, 1.82) is 0 Å². The molecule has 0 aliphatic rings. The Labute approximate surface area is 105 Å². The average Bonchev–Trinajstić information content (AvgIpc) is 2.54. The Balaban J connectivity index is 2.71. The zero-order valence-electron chi connectivity index (χ0n) is 10.0. The van der Waals surface area contributed by atoms with Crippen LogP contribution in [0.1, 0.15) is 25.2 Å². The lowest BCUT2D eigenvalue weighted by molar-refractivity contribution is 0.0419. The standard InChI is InChI=1S/C11H19BrN2O2/c1-4-14-10(11(12)8(3)13-14)6-9(15)7-16-5-2/h9,15H,4-7H2,1-3H3. The van der Waals surface area contributed by atoms with Crippen molar-refractivity contribution in [3.05, 3.63) is 15.9 Å². The third-order valence-electron chi connectivity index (χ3n) is 2.40. The molecule has 0 saturated carbocycles. The normalized spacial score (nSPS) is 13.1. The minimum Gasteiger partial charge on any atom is -0.390 e. The largest absolute Gasteiger partial charge is 0.390 e. The summed E-state index contributed by atoms with van der Waals surface area (Å²) in [5, 5.41) is 14.2. The highest BCUT2D eigenvalue weighted by atomic mass is 79.9. The van der Waals surface area contributed by atoms with E-state index in [0.29, 0.717) is 19.6 Å². The van der Waals surface area contributed by atoms with Crippen LogP contribution in [0.15, 0.2) is 4.47 Å². The van der Waals surface area contributed by atoms with Gasteiger partial charge < -0.3 is 9.84 Å². The molecule has 0 spiro atoms. The van der Waals surface area contributed by atoms with Crippen molar-refractivity contribution in [2.75, 3.05) is 13.2 Å². The topological polar surface area (TPSA) is 47.3 Å². The van der Waals surface area contributed by atoms with Gasteiger partial charge in [0.1, 0.15) is 0 Å². The Bertz CT molecular complexity index is 339. The number of ether oxygens (including phenoxy) is 1. The monoisotopic (exact) mass is 290 g/mol. The maximum atomic E-state index is 9.80. The number of halogens is 1. The first-order valence-electron chi connectivity index (χ1n) is 5.57. The molecule has 1 rings (SSSR count). The van der Waals surface area contributed by atoms with Crippen molar-refractivity contribution >= 4 is 15.9 Å². The molecule has 1 aromatic rings. The lowest BCUT2D eigenvalue weighted by atomic mass is 10.2. The first-order chi connectivity index (χ1) is 7.60. The van der Waals surface area contributed by atoms with Gasteiger partial charge in [0, 0.05) is 19.6 Å². The smallest absolute Gasteiger partial charge is 0.0829 e. The van der Waals surface area contributed by atoms with Crippen LogP contribution < -0.4 is 0 Å². The second-order valence-electron chi connectivity index (χ2n) is 3.68. The fourth-order valence-corrected chi connectivity index (χ4v) is 2.05. The molecule has 1 unspecified atom stereocenters. The van der Waals surface area contributed by atoms with E-state index < -0.39 is 6.10 Å². The Morgan fingerprint density at radius 3 is 2.75 bits per heavy atom. The van der Waals surface area contributed by atoms with Gasteiger partial charge in [0.15, 0.2) is 0 Å². The number of aryl methyl sites for hydroxylation is 2. The number of rotatable bonds is 6. The Kier molecular flexibility index (Phi) is 5.44. The van der Waals surface area contributed by atoms with Crippen molar-refractivity contribution in [3.63, 3.8) is 0 Å². The van der Waals surface area contributed by atoms with Crippen LogP contribution in [0.25, 0.3) is 0 Å². The van der Waals surface area contributed by atoms with Gasteiger partial charge in [0.2, 0.25) is 0 Å². The van der Waals surface area contributed by atoms with Crippen molar-refractivity contribution < 1.29 is 9.84 Å². The van der Waals surface area contributed by atoms with Crippen LogP contribution in [-0.2, 0) is 17.7 Å². The lowest BCUT2D eigenvalue weighted by Crippen LogP contribution is -2.20. The van der Waals surface area contributed by atoms with E-state index in [4.69, 9.17) is 4.74 Å². The van der Waals surface area contributed by atoms with Crippen LogP contribution in [0.4, 0.5) is 0 Å². The molecular formula is C11H19BrN2O2. The highest BCUT2D eigenvalue weighted by Gasteiger charge is 2.15. The van der Waals surface area contributed by atoms with E-state index in [9.17, 15) is 5.11 Å². The Morgan fingerprint density at radius 2 is 2.19 bits per heavy atom. The van der Waals surface area contributed by atoms with Crippen molar-refractivity contribution in [3.8, 4) is 0 Å². The van der Waals surface area contributed by atoms with E-state index in [1.54, 1.807) is 0 Å². The van der Waals surface area contributed by atoms with E-state index in [1.807, 2.05) is 25.5 Å². The molecule has 0 fully saturated rings. The first kappa shape index (κ1) is 13.7. The fourth-order valence-electron chi connectivity index (χ4n) is 1.60. The third-order valence-corrected chi connectivity index (χ3v) is 3.43. The number of hydrogen-bond donors (Lipinski definition) is 1. The highest BCUT2D eigenvalue weighted by molar-refractivity contribution is 9.10. The van der Waals surface area contributed by atoms with Gasteiger partial charge in [0.25, 0.3) is 0 Å². The summed E-state index contributed by atoms with van der Waals surface area (Å²) in [6.45, 7) is 7.72. The van der Waals surface area contributed by atoms with Gasteiger partial charge in [-0.15, -0.1) is 0 Å². The molecule has 0 radical (unpaired) electrons. The van der Waals surface area contributed by atoms with Gasteiger partial charge in [-0.05, 0) is 36.7 Å². The van der Waals surface area contributed by atoms with E-state index in [1.165, 1.54) is 0 Å². The van der Waals surface area contributed by atoms with E-state index >= 15 is 0 Å². The first-order valence-corrected chi connectivity index (χ1v) is 6.37. The maximum Gasteiger partial charge on any atom is 0.0829 e. The predicted octanol–water partition coefficient (Wildman–Crippen LogP) is 1.91. The lowest BCUT2D eigenvalue weighted by Gasteiger charge is -2.11. The van der Waals surface area contributed by atoms with Crippen LogP contribution in [0.5, 0.6) is 0 Å². The molecule has 0 bridgehead atoms. The van der Waals surface area contributed by atoms with Gasteiger partial charge in [-0.2, -0.15) is 5.10 Å². The summed E-state index contributed by atoms with van der Waals surface area (Å²) in [4.78, 5) is 0.